The fourth-order valence-corrected chi connectivity index (χ4v) is 2.62. The molecule has 1 aliphatic rings. The van der Waals surface area contributed by atoms with E-state index in [1.807, 2.05) is 0 Å². The standard InChI is InChI=1S/C15H24N2/c1-12-3-5-14(6-4-12)15(11-16)17-9-7-13(2)8-10-17/h3-6,13,15H,7-11,16H2,1-2H3/t15-/m1/s1. The monoisotopic (exact) mass is 232 g/mol. The molecule has 0 aliphatic carbocycles. The van der Waals surface area contributed by atoms with E-state index in [9.17, 15) is 0 Å². The van der Waals surface area contributed by atoms with Crippen molar-refractivity contribution in [3.05, 3.63) is 35.4 Å². The van der Waals surface area contributed by atoms with E-state index in [1.165, 1.54) is 37.1 Å². The van der Waals surface area contributed by atoms with Crippen molar-refractivity contribution in [1.82, 2.24) is 4.90 Å². The Morgan fingerprint density at radius 3 is 2.35 bits per heavy atom. The number of aryl methyl sites for hydroxylation is 1. The maximum Gasteiger partial charge on any atom is 0.0470 e. The average molecular weight is 232 g/mol. The number of hydrogen-bond acceptors (Lipinski definition) is 2. The van der Waals surface area contributed by atoms with E-state index in [1.54, 1.807) is 0 Å². The van der Waals surface area contributed by atoms with Gasteiger partial charge in [-0.2, -0.15) is 0 Å². The molecule has 1 aliphatic heterocycles. The van der Waals surface area contributed by atoms with Crippen molar-refractivity contribution >= 4 is 0 Å². The van der Waals surface area contributed by atoms with Crippen LogP contribution in [-0.2, 0) is 0 Å². The van der Waals surface area contributed by atoms with Crippen LogP contribution < -0.4 is 5.73 Å². The molecule has 2 heteroatoms. The lowest BCUT2D eigenvalue weighted by atomic mass is 9.95. The maximum atomic E-state index is 5.97. The van der Waals surface area contributed by atoms with E-state index in [-0.39, 0.29) is 0 Å². The molecule has 1 aromatic carbocycles. The third kappa shape index (κ3) is 3.08. The first-order valence-electron chi connectivity index (χ1n) is 6.71. The summed E-state index contributed by atoms with van der Waals surface area (Å²) in [6, 6.07) is 9.23. The van der Waals surface area contributed by atoms with Crippen LogP contribution in [0, 0.1) is 12.8 Å². The van der Waals surface area contributed by atoms with Gasteiger partial charge in [-0.1, -0.05) is 36.8 Å². The average Bonchev–Trinajstić information content (AvgIpc) is 2.35. The smallest absolute Gasteiger partial charge is 0.0470 e. The van der Waals surface area contributed by atoms with Crippen molar-refractivity contribution in [2.45, 2.75) is 32.7 Å². The van der Waals surface area contributed by atoms with E-state index in [0.717, 1.165) is 12.5 Å². The molecule has 0 spiro atoms. The highest BCUT2D eigenvalue weighted by molar-refractivity contribution is 5.24. The van der Waals surface area contributed by atoms with Crippen LogP contribution in [0.2, 0.25) is 0 Å². The van der Waals surface area contributed by atoms with Gasteiger partial charge in [-0.25, -0.2) is 0 Å². The summed E-state index contributed by atoms with van der Waals surface area (Å²) >= 11 is 0. The van der Waals surface area contributed by atoms with Crippen molar-refractivity contribution in [1.29, 1.82) is 0 Å². The van der Waals surface area contributed by atoms with Gasteiger partial charge >= 0.3 is 0 Å². The van der Waals surface area contributed by atoms with Crippen LogP contribution in [-0.4, -0.2) is 24.5 Å². The van der Waals surface area contributed by atoms with Gasteiger partial charge in [0.1, 0.15) is 0 Å². The van der Waals surface area contributed by atoms with Crippen LogP contribution in [0.5, 0.6) is 0 Å². The van der Waals surface area contributed by atoms with Gasteiger partial charge in [-0.05, 0) is 44.3 Å². The molecule has 2 nitrogen and oxygen atoms in total. The molecule has 0 bridgehead atoms. The summed E-state index contributed by atoms with van der Waals surface area (Å²) < 4.78 is 0. The molecular weight excluding hydrogens is 208 g/mol. The normalized spacial score (nSPS) is 20.4. The molecule has 2 N–H and O–H groups in total. The fourth-order valence-electron chi connectivity index (χ4n) is 2.62. The van der Waals surface area contributed by atoms with E-state index < -0.39 is 0 Å². The number of benzene rings is 1. The number of likely N-dealkylation sites (tertiary alicyclic amines) is 1. The summed E-state index contributed by atoms with van der Waals surface area (Å²) in [4.78, 5) is 2.55. The fraction of sp³-hybridized carbons (Fsp3) is 0.600. The lowest BCUT2D eigenvalue weighted by molar-refractivity contribution is 0.141. The zero-order valence-corrected chi connectivity index (χ0v) is 11.0. The van der Waals surface area contributed by atoms with Crippen LogP contribution in [0.25, 0.3) is 0 Å². The molecule has 0 unspecified atom stereocenters. The Hall–Kier alpha value is -0.860. The Morgan fingerprint density at radius 1 is 1.24 bits per heavy atom. The van der Waals surface area contributed by atoms with Crippen LogP contribution in [0.15, 0.2) is 24.3 Å². The summed E-state index contributed by atoms with van der Waals surface area (Å²) in [7, 11) is 0. The predicted octanol–water partition coefficient (Wildman–Crippen LogP) is 2.73. The van der Waals surface area contributed by atoms with Crippen LogP contribution in [0.1, 0.15) is 36.9 Å². The van der Waals surface area contributed by atoms with Gasteiger partial charge in [0, 0.05) is 12.6 Å². The highest BCUT2D eigenvalue weighted by atomic mass is 15.2. The summed E-state index contributed by atoms with van der Waals surface area (Å²) in [5.41, 5.74) is 8.65. The summed E-state index contributed by atoms with van der Waals surface area (Å²) in [5, 5.41) is 0. The first kappa shape index (κ1) is 12.6. The zero-order chi connectivity index (χ0) is 12.3. The van der Waals surface area contributed by atoms with Crippen molar-refractivity contribution < 1.29 is 0 Å². The minimum absolute atomic E-state index is 0.406. The van der Waals surface area contributed by atoms with Gasteiger partial charge in [0.15, 0.2) is 0 Å². The second-order valence-electron chi connectivity index (χ2n) is 5.38. The number of nitrogens with two attached hydrogens (primary N) is 1. The van der Waals surface area contributed by atoms with Gasteiger partial charge in [0.25, 0.3) is 0 Å². The highest BCUT2D eigenvalue weighted by Gasteiger charge is 2.23. The Kier molecular flexibility index (Phi) is 4.19. The molecule has 1 saturated heterocycles. The minimum atomic E-state index is 0.406. The Balaban J connectivity index is 2.08. The SMILES string of the molecule is Cc1ccc([C@@H](CN)N2CCC(C)CC2)cc1. The summed E-state index contributed by atoms with van der Waals surface area (Å²) in [6.45, 7) is 7.58. The van der Waals surface area contributed by atoms with Gasteiger partial charge < -0.3 is 5.73 Å². The Labute approximate surface area is 105 Å². The van der Waals surface area contributed by atoms with E-state index in [2.05, 4.69) is 43.0 Å². The van der Waals surface area contributed by atoms with E-state index in [0.29, 0.717) is 6.04 Å². The third-order valence-electron chi connectivity index (χ3n) is 3.94. The number of rotatable bonds is 3. The van der Waals surface area contributed by atoms with E-state index in [4.69, 9.17) is 5.73 Å². The molecule has 2 rings (SSSR count). The second-order valence-corrected chi connectivity index (χ2v) is 5.38. The summed E-state index contributed by atoms with van der Waals surface area (Å²) in [6.07, 6.45) is 2.62. The van der Waals surface area contributed by atoms with Crippen LogP contribution >= 0.6 is 0 Å². The molecule has 1 fully saturated rings. The number of piperidine rings is 1. The minimum Gasteiger partial charge on any atom is -0.329 e. The lowest BCUT2D eigenvalue weighted by Crippen LogP contribution is -2.39. The zero-order valence-electron chi connectivity index (χ0n) is 11.0. The van der Waals surface area contributed by atoms with Gasteiger partial charge in [-0.15, -0.1) is 0 Å². The quantitative estimate of drug-likeness (QED) is 0.868. The highest BCUT2D eigenvalue weighted by Crippen LogP contribution is 2.26. The second kappa shape index (κ2) is 5.65. The van der Waals surface area contributed by atoms with Gasteiger partial charge in [0.2, 0.25) is 0 Å². The largest absolute Gasteiger partial charge is 0.329 e. The molecule has 0 aromatic heterocycles. The van der Waals surface area contributed by atoms with Crippen molar-refractivity contribution in [2.24, 2.45) is 11.7 Å². The lowest BCUT2D eigenvalue weighted by Gasteiger charge is -2.36. The van der Waals surface area contributed by atoms with Gasteiger partial charge in [-0.3, -0.25) is 4.90 Å². The molecule has 1 atom stereocenters. The molecular formula is C15H24N2. The van der Waals surface area contributed by atoms with Crippen LogP contribution in [0.3, 0.4) is 0 Å². The Morgan fingerprint density at radius 2 is 1.82 bits per heavy atom. The van der Waals surface area contributed by atoms with Crippen molar-refractivity contribution in [3.8, 4) is 0 Å². The van der Waals surface area contributed by atoms with Crippen molar-refractivity contribution in [3.63, 3.8) is 0 Å². The molecule has 0 amide bonds. The summed E-state index contributed by atoms with van der Waals surface area (Å²) in [5.74, 6) is 0.877. The predicted molar refractivity (Wildman–Crippen MR) is 72.9 cm³/mol. The molecule has 17 heavy (non-hydrogen) atoms. The van der Waals surface area contributed by atoms with Crippen molar-refractivity contribution in [2.75, 3.05) is 19.6 Å². The molecule has 94 valence electrons. The van der Waals surface area contributed by atoms with Crippen LogP contribution in [0.4, 0.5) is 0 Å². The maximum absolute atomic E-state index is 5.97. The molecule has 1 aromatic rings. The number of hydrogen-bond donors (Lipinski definition) is 1. The van der Waals surface area contributed by atoms with Gasteiger partial charge in [0.05, 0.1) is 0 Å². The third-order valence-corrected chi connectivity index (χ3v) is 3.94. The number of nitrogens with zero attached hydrogens (tertiary/aromatic N) is 1. The molecule has 0 radical (unpaired) electrons. The first-order valence-corrected chi connectivity index (χ1v) is 6.71. The topological polar surface area (TPSA) is 29.3 Å². The molecule has 1 heterocycles. The van der Waals surface area contributed by atoms with E-state index >= 15 is 0 Å². The molecule has 0 saturated carbocycles. The Bertz CT molecular complexity index is 336. The first-order chi connectivity index (χ1) is 8.20.